The molecule has 1 saturated heterocycles. The van der Waals surface area contributed by atoms with E-state index >= 15 is 0 Å². The van der Waals surface area contributed by atoms with Crippen LogP contribution < -0.4 is 5.32 Å². The molecule has 5 heteroatoms. The van der Waals surface area contributed by atoms with E-state index < -0.39 is 6.09 Å². The Kier molecular flexibility index (Phi) is 6.00. The molecule has 0 aromatic heterocycles. The summed E-state index contributed by atoms with van der Waals surface area (Å²) in [5.74, 6) is -0.0402. The number of carbonyl (C=O) groups is 1. The smallest absolute Gasteiger partial charge is 0.407 e. The van der Waals surface area contributed by atoms with Crippen molar-refractivity contribution >= 4 is 16.9 Å². The maximum Gasteiger partial charge on any atom is 0.407 e. The van der Waals surface area contributed by atoms with Gasteiger partial charge in [0.25, 0.3) is 0 Å². The largest absolute Gasteiger partial charge is 0.465 e. The molecule has 4 rings (SSSR count). The molecule has 0 aliphatic carbocycles. The highest BCUT2D eigenvalue weighted by Crippen LogP contribution is 2.34. The van der Waals surface area contributed by atoms with Gasteiger partial charge in [-0.3, -0.25) is 0 Å². The van der Waals surface area contributed by atoms with E-state index in [0.29, 0.717) is 13.1 Å². The number of rotatable bonds is 5. The number of hydrogen-bond acceptors (Lipinski definition) is 2. The molecule has 1 aliphatic heterocycles. The van der Waals surface area contributed by atoms with Crippen molar-refractivity contribution in [2.45, 2.75) is 25.3 Å². The van der Waals surface area contributed by atoms with Gasteiger partial charge in [-0.1, -0.05) is 54.6 Å². The standard InChI is InChI=1S/C25H27FN2O2/c1-17(22-11-5-7-18-6-2-3-10-24(18)22)28(25(29)30)16-20-15-27-13-12-23(20)19-8-4-9-21(26)14-19/h2-11,14,17,20,23,27H,12-13,15-16H2,1H3,(H,29,30)/t17-,20?,23?/m1/s1. The monoisotopic (exact) mass is 406 g/mol. The van der Waals surface area contributed by atoms with E-state index in [4.69, 9.17) is 0 Å². The Labute approximate surface area is 176 Å². The summed E-state index contributed by atoms with van der Waals surface area (Å²) >= 11 is 0. The number of carboxylic acid groups (broad SMARTS) is 1. The zero-order valence-electron chi connectivity index (χ0n) is 17.1. The Morgan fingerprint density at radius 1 is 1.17 bits per heavy atom. The van der Waals surface area contributed by atoms with Crippen LogP contribution in [-0.2, 0) is 0 Å². The zero-order valence-corrected chi connectivity index (χ0v) is 17.1. The molecular formula is C25H27FN2O2. The molecule has 0 bridgehead atoms. The second kappa shape index (κ2) is 8.84. The molecule has 1 aliphatic rings. The van der Waals surface area contributed by atoms with Gasteiger partial charge in [-0.05, 0) is 65.8 Å². The number of benzene rings is 3. The summed E-state index contributed by atoms with van der Waals surface area (Å²) in [5.41, 5.74) is 1.95. The molecule has 1 amide bonds. The molecule has 2 unspecified atom stereocenters. The third kappa shape index (κ3) is 4.17. The van der Waals surface area contributed by atoms with Crippen molar-refractivity contribution in [3.05, 3.63) is 83.7 Å². The van der Waals surface area contributed by atoms with E-state index in [2.05, 4.69) is 5.32 Å². The van der Waals surface area contributed by atoms with Crippen molar-refractivity contribution < 1.29 is 14.3 Å². The highest BCUT2D eigenvalue weighted by molar-refractivity contribution is 5.86. The Morgan fingerprint density at radius 3 is 2.73 bits per heavy atom. The van der Waals surface area contributed by atoms with E-state index in [9.17, 15) is 14.3 Å². The van der Waals surface area contributed by atoms with E-state index in [1.54, 1.807) is 12.1 Å². The molecule has 3 aromatic carbocycles. The van der Waals surface area contributed by atoms with Gasteiger partial charge in [0.15, 0.2) is 0 Å². The first-order chi connectivity index (χ1) is 14.5. The predicted octanol–water partition coefficient (Wildman–Crippen LogP) is 5.41. The summed E-state index contributed by atoms with van der Waals surface area (Å²) < 4.78 is 13.8. The Morgan fingerprint density at radius 2 is 1.93 bits per heavy atom. The van der Waals surface area contributed by atoms with Gasteiger partial charge in [0.05, 0.1) is 6.04 Å². The number of nitrogens with one attached hydrogen (secondary N) is 1. The summed E-state index contributed by atoms with van der Waals surface area (Å²) in [5, 5.41) is 15.6. The second-order valence-electron chi connectivity index (χ2n) is 8.09. The quantitative estimate of drug-likeness (QED) is 0.595. The van der Waals surface area contributed by atoms with Gasteiger partial charge >= 0.3 is 6.09 Å². The molecule has 2 N–H and O–H groups in total. The van der Waals surface area contributed by atoms with Crippen molar-refractivity contribution in [1.29, 1.82) is 0 Å². The molecule has 4 nitrogen and oxygen atoms in total. The normalized spacial score (nSPS) is 20.1. The highest BCUT2D eigenvalue weighted by Gasteiger charge is 2.32. The number of hydrogen-bond donors (Lipinski definition) is 2. The zero-order chi connectivity index (χ0) is 21.1. The summed E-state index contributed by atoms with van der Waals surface area (Å²) in [6.45, 7) is 3.91. The molecular weight excluding hydrogens is 379 g/mol. The van der Waals surface area contributed by atoms with Gasteiger partial charge in [0.2, 0.25) is 0 Å². The van der Waals surface area contributed by atoms with Crippen LogP contribution in [0, 0.1) is 11.7 Å². The van der Waals surface area contributed by atoms with Gasteiger partial charge in [0, 0.05) is 13.1 Å². The molecule has 30 heavy (non-hydrogen) atoms. The lowest BCUT2D eigenvalue weighted by atomic mass is 9.80. The van der Waals surface area contributed by atoms with Crippen molar-refractivity contribution in [2.75, 3.05) is 19.6 Å². The van der Waals surface area contributed by atoms with Crippen molar-refractivity contribution in [3.8, 4) is 0 Å². The number of halogens is 1. The average Bonchev–Trinajstić information content (AvgIpc) is 2.76. The lowest BCUT2D eigenvalue weighted by Gasteiger charge is -2.37. The minimum atomic E-state index is -0.931. The first kappa shape index (κ1) is 20.4. The lowest BCUT2D eigenvalue weighted by molar-refractivity contribution is 0.110. The van der Waals surface area contributed by atoms with E-state index in [0.717, 1.165) is 34.9 Å². The Balaban J connectivity index is 1.63. The van der Waals surface area contributed by atoms with Crippen LogP contribution in [0.2, 0.25) is 0 Å². The topological polar surface area (TPSA) is 52.6 Å². The third-order valence-corrected chi connectivity index (χ3v) is 6.30. The number of piperidine rings is 1. The van der Waals surface area contributed by atoms with Gasteiger partial charge in [0.1, 0.15) is 5.82 Å². The molecule has 3 atom stereocenters. The fourth-order valence-corrected chi connectivity index (χ4v) is 4.73. The van der Waals surface area contributed by atoms with Gasteiger partial charge in [-0.15, -0.1) is 0 Å². The maximum atomic E-state index is 13.8. The molecule has 156 valence electrons. The minimum Gasteiger partial charge on any atom is -0.465 e. The third-order valence-electron chi connectivity index (χ3n) is 6.30. The van der Waals surface area contributed by atoms with Crippen molar-refractivity contribution in [1.82, 2.24) is 10.2 Å². The van der Waals surface area contributed by atoms with Gasteiger partial charge in [-0.2, -0.15) is 0 Å². The maximum absolute atomic E-state index is 13.8. The van der Waals surface area contributed by atoms with Crippen LogP contribution >= 0.6 is 0 Å². The van der Waals surface area contributed by atoms with Crippen molar-refractivity contribution in [3.63, 3.8) is 0 Å². The summed E-state index contributed by atoms with van der Waals surface area (Å²) in [4.78, 5) is 13.8. The van der Waals surface area contributed by atoms with Crippen molar-refractivity contribution in [2.24, 2.45) is 5.92 Å². The fourth-order valence-electron chi connectivity index (χ4n) is 4.73. The minimum absolute atomic E-state index is 0.0778. The van der Waals surface area contributed by atoms with Crippen LogP contribution in [0.25, 0.3) is 10.8 Å². The molecule has 1 fully saturated rings. The average molecular weight is 407 g/mol. The molecule has 3 aromatic rings. The van der Waals surface area contributed by atoms with Crippen LogP contribution in [0.15, 0.2) is 66.7 Å². The second-order valence-corrected chi connectivity index (χ2v) is 8.09. The Bertz CT molecular complexity index is 1030. The van der Waals surface area contributed by atoms with E-state index in [1.807, 2.05) is 55.5 Å². The molecule has 0 spiro atoms. The predicted molar refractivity (Wildman–Crippen MR) is 117 cm³/mol. The van der Waals surface area contributed by atoms with Crippen LogP contribution in [-0.4, -0.2) is 35.7 Å². The van der Waals surface area contributed by atoms with Crippen LogP contribution in [0.4, 0.5) is 9.18 Å². The number of amides is 1. The SMILES string of the molecule is C[C@H](c1cccc2ccccc12)N(CC1CNCCC1c1cccc(F)c1)C(=O)O. The molecule has 0 radical (unpaired) electrons. The van der Waals surface area contributed by atoms with E-state index in [-0.39, 0.29) is 23.7 Å². The fraction of sp³-hybridized carbons (Fsp3) is 0.320. The summed E-state index contributed by atoms with van der Waals surface area (Å²) in [6, 6.07) is 20.5. The Hall–Kier alpha value is -2.92. The summed E-state index contributed by atoms with van der Waals surface area (Å²) in [6.07, 6.45) is -0.0662. The van der Waals surface area contributed by atoms with Crippen LogP contribution in [0.3, 0.4) is 0 Å². The van der Waals surface area contributed by atoms with Crippen LogP contribution in [0.5, 0.6) is 0 Å². The molecule has 0 saturated carbocycles. The first-order valence-corrected chi connectivity index (χ1v) is 10.5. The lowest BCUT2D eigenvalue weighted by Crippen LogP contribution is -2.44. The van der Waals surface area contributed by atoms with Crippen LogP contribution in [0.1, 0.15) is 36.4 Å². The highest BCUT2D eigenvalue weighted by atomic mass is 19.1. The first-order valence-electron chi connectivity index (χ1n) is 10.5. The molecule has 1 heterocycles. The number of fused-ring (bicyclic) bond motifs is 1. The summed E-state index contributed by atoms with van der Waals surface area (Å²) in [7, 11) is 0. The number of nitrogens with zero attached hydrogens (tertiary/aromatic N) is 1. The van der Waals surface area contributed by atoms with Gasteiger partial charge < -0.3 is 15.3 Å². The van der Waals surface area contributed by atoms with Gasteiger partial charge in [-0.25, -0.2) is 9.18 Å². The van der Waals surface area contributed by atoms with E-state index in [1.165, 1.54) is 11.0 Å².